The number of benzene rings is 1. The monoisotopic (exact) mass is 280 g/mol. The summed E-state index contributed by atoms with van der Waals surface area (Å²) in [6.07, 6.45) is 1.76. The summed E-state index contributed by atoms with van der Waals surface area (Å²) in [5.41, 5.74) is -0.957. The molecule has 0 aromatic heterocycles. The summed E-state index contributed by atoms with van der Waals surface area (Å²) in [6.45, 7) is 1.69. The largest absolute Gasteiger partial charge is 0.380 e. The molecule has 1 heterocycles. The molecule has 7 heteroatoms. The number of rotatable bonds is 3. The number of nitrogens with one attached hydrogen (secondary N) is 2. The van der Waals surface area contributed by atoms with Gasteiger partial charge in [-0.3, -0.25) is 0 Å². The fourth-order valence-corrected chi connectivity index (χ4v) is 2.10. The Bertz CT molecular complexity index is 443. The molecule has 1 aliphatic rings. The summed E-state index contributed by atoms with van der Waals surface area (Å²) in [7, 11) is 0. The van der Waals surface area contributed by atoms with Gasteiger partial charge in [0.1, 0.15) is 5.69 Å². The second-order valence-corrected chi connectivity index (χ2v) is 4.54. The maximum Gasteiger partial charge on any atom is 0.200 e. The van der Waals surface area contributed by atoms with E-state index in [-0.39, 0.29) is 12.5 Å². The smallest absolute Gasteiger partial charge is 0.200 e. The molecular formula is C12H13F5N2. The van der Waals surface area contributed by atoms with Crippen molar-refractivity contribution >= 4 is 5.69 Å². The fraction of sp³-hybridized carbons (Fsp3) is 0.500. The fourth-order valence-electron chi connectivity index (χ4n) is 2.10. The molecule has 2 nitrogen and oxygen atoms in total. The Morgan fingerprint density at radius 3 is 2.05 bits per heavy atom. The van der Waals surface area contributed by atoms with Gasteiger partial charge in [-0.1, -0.05) is 0 Å². The van der Waals surface area contributed by atoms with Crippen molar-refractivity contribution in [3.8, 4) is 0 Å². The number of anilines is 1. The second-order valence-electron chi connectivity index (χ2n) is 4.54. The Hall–Kier alpha value is -1.37. The molecule has 1 aromatic carbocycles. The van der Waals surface area contributed by atoms with E-state index in [1.165, 1.54) is 0 Å². The van der Waals surface area contributed by atoms with Gasteiger partial charge >= 0.3 is 0 Å². The third-order valence-electron chi connectivity index (χ3n) is 3.18. The van der Waals surface area contributed by atoms with E-state index in [9.17, 15) is 22.0 Å². The maximum atomic E-state index is 13.4. The first-order valence-electron chi connectivity index (χ1n) is 5.98. The lowest BCUT2D eigenvalue weighted by molar-refractivity contribution is 0.375. The van der Waals surface area contributed by atoms with E-state index in [0.717, 1.165) is 19.4 Å². The van der Waals surface area contributed by atoms with Crippen molar-refractivity contribution in [1.82, 2.24) is 5.32 Å². The van der Waals surface area contributed by atoms with Gasteiger partial charge in [0.05, 0.1) is 0 Å². The lowest BCUT2D eigenvalue weighted by atomic mass is 9.99. The van der Waals surface area contributed by atoms with Gasteiger partial charge in [0.2, 0.25) is 5.82 Å². The summed E-state index contributed by atoms with van der Waals surface area (Å²) in [4.78, 5) is 0. The third-order valence-corrected chi connectivity index (χ3v) is 3.18. The minimum absolute atomic E-state index is 0.101. The lowest BCUT2D eigenvalue weighted by Gasteiger charge is -2.23. The van der Waals surface area contributed by atoms with Crippen molar-refractivity contribution < 1.29 is 22.0 Å². The Balaban J connectivity index is 2.15. The average Bonchev–Trinajstić information content (AvgIpc) is 2.44. The Morgan fingerprint density at radius 1 is 0.947 bits per heavy atom. The topological polar surface area (TPSA) is 24.1 Å². The van der Waals surface area contributed by atoms with Gasteiger partial charge in [-0.25, -0.2) is 22.0 Å². The standard InChI is InChI=1S/C12H13F5N2/c13-7-8(14)10(16)12(11(17)9(7)15)19-5-6-2-1-3-18-4-6/h6,18-19H,1-5H2. The summed E-state index contributed by atoms with van der Waals surface area (Å²) < 4.78 is 65.5. The Morgan fingerprint density at radius 2 is 1.53 bits per heavy atom. The molecule has 106 valence electrons. The van der Waals surface area contributed by atoms with Crippen molar-refractivity contribution in [2.45, 2.75) is 12.8 Å². The van der Waals surface area contributed by atoms with Crippen LogP contribution in [0.1, 0.15) is 12.8 Å². The van der Waals surface area contributed by atoms with Crippen molar-refractivity contribution in [2.75, 3.05) is 25.0 Å². The van der Waals surface area contributed by atoms with Crippen LogP contribution in [0.15, 0.2) is 0 Å². The zero-order valence-electron chi connectivity index (χ0n) is 10.0. The third kappa shape index (κ3) is 2.80. The van der Waals surface area contributed by atoms with E-state index >= 15 is 0 Å². The van der Waals surface area contributed by atoms with Gasteiger partial charge in [0, 0.05) is 6.54 Å². The SMILES string of the molecule is Fc1c(F)c(F)c(NCC2CCCNC2)c(F)c1F. The van der Waals surface area contributed by atoms with Crippen molar-refractivity contribution in [3.05, 3.63) is 29.1 Å². The average molecular weight is 280 g/mol. The molecule has 2 N–H and O–H groups in total. The molecule has 1 fully saturated rings. The molecule has 0 amide bonds. The first-order valence-corrected chi connectivity index (χ1v) is 5.98. The summed E-state index contributed by atoms with van der Waals surface area (Å²) in [5, 5.41) is 5.42. The molecule has 0 radical (unpaired) electrons. The molecule has 0 aliphatic carbocycles. The van der Waals surface area contributed by atoms with Gasteiger partial charge in [-0.2, -0.15) is 0 Å². The molecule has 0 saturated carbocycles. The zero-order valence-corrected chi connectivity index (χ0v) is 10.0. The summed E-state index contributed by atoms with van der Waals surface area (Å²) in [5.74, 6) is -9.53. The molecule has 1 saturated heterocycles. The highest BCUT2D eigenvalue weighted by Gasteiger charge is 2.26. The lowest BCUT2D eigenvalue weighted by Crippen LogP contribution is -2.33. The Labute approximate surface area is 107 Å². The minimum Gasteiger partial charge on any atom is -0.380 e. The Kier molecular flexibility index (Phi) is 4.24. The predicted molar refractivity (Wildman–Crippen MR) is 60.3 cm³/mol. The molecule has 1 aromatic rings. The molecule has 1 unspecified atom stereocenters. The van der Waals surface area contributed by atoms with Crippen LogP contribution in [0.25, 0.3) is 0 Å². The van der Waals surface area contributed by atoms with E-state index in [2.05, 4.69) is 10.6 Å². The highest BCUT2D eigenvalue weighted by atomic mass is 19.2. The van der Waals surface area contributed by atoms with Crippen molar-refractivity contribution in [2.24, 2.45) is 5.92 Å². The van der Waals surface area contributed by atoms with Crippen LogP contribution in [0.4, 0.5) is 27.6 Å². The maximum absolute atomic E-state index is 13.4. The summed E-state index contributed by atoms with van der Waals surface area (Å²) in [6, 6.07) is 0. The van der Waals surface area contributed by atoms with Crippen LogP contribution in [0.2, 0.25) is 0 Å². The first-order chi connectivity index (χ1) is 9.02. The summed E-state index contributed by atoms with van der Waals surface area (Å²) >= 11 is 0. The number of piperidine rings is 1. The van der Waals surface area contributed by atoms with Crippen molar-refractivity contribution in [3.63, 3.8) is 0 Å². The molecular weight excluding hydrogens is 267 g/mol. The van der Waals surface area contributed by atoms with Crippen LogP contribution < -0.4 is 10.6 Å². The molecule has 1 aliphatic heterocycles. The molecule has 19 heavy (non-hydrogen) atoms. The van der Waals surface area contributed by atoms with Crippen LogP contribution in [0.5, 0.6) is 0 Å². The number of halogens is 5. The van der Waals surface area contributed by atoms with Gasteiger partial charge in [-0.15, -0.1) is 0 Å². The van der Waals surface area contributed by atoms with Gasteiger partial charge in [-0.05, 0) is 31.8 Å². The quantitative estimate of drug-likeness (QED) is 0.505. The van der Waals surface area contributed by atoms with Crippen LogP contribution in [-0.4, -0.2) is 19.6 Å². The predicted octanol–water partition coefficient (Wildman–Crippen LogP) is 2.79. The van der Waals surface area contributed by atoms with Gasteiger partial charge < -0.3 is 10.6 Å². The van der Waals surface area contributed by atoms with E-state index in [1.807, 2.05) is 0 Å². The normalized spacial score (nSPS) is 19.5. The minimum atomic E-state index is -2.14. The molecule has 1 atom stereocenters. The number of hydrogen-bond donors (Lipinski definition) is 2. The van der Waals surface area contributed by atoms with Crippen LogP contribution in [0, 0.1) is 35.0 Å². The molecule has 2 rings (SSSR count). The van der Waals surface area contributed by atoms with Crippen LogP contribution in [-0.2, 0) is 0 Å². The number of hydrogen-bond acceptors (Lipinski definition) is 2. The van der Waals surface area contributed by atoms with E-state index < -0.39 is 34.8 Å². The first kappa shape index (κ1) is 14.0. The van der Waals surface area contributed by atoms with E-state index in [4.69, 9.17) is 0 Å². The van der Waals surface area contributed by atoms with Crippen molar-refractivity contribution in [1.29, 1.82) is 0 Å². The highest BCUT2D eigenvalue weighted by molar-refractivity contribution is 5.47. The molecule has 0 bridgehead atoms. The van der Waals surface area contributed by atoms with Crippen LogP contribution in [0.3, 0.4) is 0 Å². The van der Waals surface area contributed by atoms with E-state index in [1.54, 1.807) is 0 Å². The van der Waals surface area contributed by atoms with E-state index in [0.29, 0.717) is 6.54 Å². The molecule has 0 spiro atoms. The van der Waals surface area contributed by atoms with Gasteiger partial charge in [0.25, 0.3) is 0 Å². The highest BCUT2D eigenvalue weighted by Crippen LogP contribution is 2.27. The second kappa shape index (κ2) is 5.73. The van der Waals surface area contributed by atoms with Gasteiger partial charge in [0.15, 0.2) is 23.3 Å². The zero-order chi connectivity index (χ0) is 14.0. The van der Waals surface area contributed by atoms with Crippen LogP contribution >= 0.6 is 0 Å².